The highest BCUT2D eigenvalue weighted by molar-refractivity contribution is 6.42. The van der Waals surface area contributed by atoms with Gasteiger partial charge in [0.05, 0.1) is 74.0 Å². The highest BCUT2D eigenvalue weighted by Crippen LogP contribution is 2.46. The van der Waals surface area contributed by atoms with E-state index in [2.05, 4.69) is 15.0 Å². The first-order valence-electron chi connectivity index (χ1n) is 18.7. The maximum Gasteiger partial charge on any atom is 0.0738 e. The number of benzene rings is 4. The van der Waals surface area contributed by atoms with Gasteiger partial charge in [0.15, 0.2) is 0 Å². The van der Waals surface area contributed by atoms with Crippen LogP contribution in [0.4, 0.5) is 0 Å². The molecule has 2 aliphatic heterocycles. The van der Waals surface area contributed by atoms with Gasteiger partial charge >= 0.3 is 0 Å². The minimum Gasteiger partial charge on any atom is -0.354 e. The summed E-state index contributed by atoms with van der Waals surface area (Å²) in [6, 6.07) is 33.4. The molecule has 8 aromatic rings. The Balaban J connectivity index is 1.45. The molecule has 0 unspecified atom stereocenters. The summed E-state index contributed by atoms with van der Waals surface area (Å²) >= 11 is 55.9. The molecule has 10 bridgehead atoms. The molecule has 0 atom stereocenters. The third kappa shape index (κ3) is 7.08. The predicted molar refractivity (Wildman–Crippen MR) is 261 cm³/mol. The summed E-state index contributed by atoms with van der Waals surface area (Å²) in [7, 11) is 0. The monoisotopic (exact) mass is 951 g/mol. The largest absolute Gasteiger partial charge is 0.354 e. The summed E-state index contributed by atoms with van der Waals surface area (Å²) in [6.45, 7) is 0. The molecule has 3 N–H and O–H groups in total. The zero-order valence-corrected chi connectivity index (χ0v) is 37.2. The Morgan fingerprint density at radius 1 is 0.246 bits per heavy atom. The lowest BCUT2D eigenvalue weighted by atomic mass is 10.0. The average molecular weight is 955 g/mol. The van der Waals surface area contributed by atoms with Crippen molar-refractivity contribution in [1.29, 1.82) is 0 Å². The quantitative estimate of drug-likeness (QED) is 0.164. The first kappa shape index (κ1) is 40.2. The van der Waals surface area contributed by atoms with Gasteiger partial charge in [-0.05, 0) is 109 Å². The van der Waals surface area contributed by atoms with Crippen LogP contribution in [0.5, 0.6) is 0 Å². The molecular weight excluding hydrogens is 930 g/mol. The van der Waals surface area contributed by atoms with E-state index in [0.29, 0.717) is 118 Å². The van der Waals surface area contributed by atoms with Crippen LogP contribution in [-0.2, 0) is 0 Å². The first-order chi connectivity index (χ1) is 29.5. The smallest absolute Gasteiger partial charge is 0.0738 e. The number of nitrogens with zero attached hydrogens (tertiary/aromatic N) is 2. The van der Waals surface area contributed by atoms with E-state index in [1.807, 2.05) is 72.8 Å². The van der Waals surface area contributed by atoms with Crippen molar-refractivity contribution < 1.29 is 0 Å². The topological polar surface area (TPSA) is 73.2 Å². The van der Waals surface area contributed by atoms with E-state index < -0.39 is 0 Å². The van der Waals surface area contributed by atoms with Crippen LogP contribution in [0.1, 0.15) is 22.8 Å². The molecule has 13 heteroatoms. The van der Waals surface area contributed by atoms with Crippen molar-refractivity contribution in [2.45, 2.75) is 0 Å². The molecule has 0 saturated heterocycles. The van der Waals surface area contributed by atoms with E-state index in [-0.39, 0.29) is 0 Å². The van der Waals surface area contributed by atoms with Crippen molar-refractivity contribution in [1.82, 2.24) is 24.9 Å². The van der Waals surface area contributed by atoms with Gasteiger partial charge in [0, 0.05) is 66.6 Å². The molecule has 0 spiro atoms. The van der Waals surface area contributed by atoms with E-state index in [9.17, 15) is 0 Å². The molecule has 6 heterocycles. The standard InChI is InChI=1S/C48H25Cl8N5/c49-23-5-1-6-24(50)41(23)45-33-15-13-31(57-33)32-14-16-34(58-32)46(42-25(51)7-2-8-26(42)52)36-18-20-38(60-36)48(44-29(55)11-4-12-30(44)56)40-22-21-39(61-40)47(37-19-17-35(45)59-37)43-27(53)9-3-10-28(43)54/h1-22,57-58,61H. The van der Waals surface area contributed by atoms with Crippen molar-refractivity contribution in [2.24, 2.45) is 0 Å². The molecule has 4 aromatic carbocycles. The average Bonchev–Trinajstić information content (AvgIpc) is 4.09. The second-order valence-electron chi connectivity index (χ2n) is 14.2. The second-order valence-corrected chi connectivity index (χ2v) is 17.4. The van der Waals surface area contributed by atoms with Crippen molar-refractivity contribution >= 4 is 150 Å². The highest BCUT2D eigenvalue weighted by Gasteiger charge is 2.24. The van der Waals surface area contributed by atoms with Gasteiger partial charge in [0.2, 0.25) is 0 Å². The summed E-state index contributed by atoms with van der Waals surface area (Å²) in [5.74, 6) is 0. The van der Waals surface area contributed by atoms with Gasteiger partial charge in [-0.2, -0.15) is 0 Å². The lowest BCUT2D eigenvalue weighted by Crippen LogP contribution is -1.91. The van der Waals surface area contributed by atoms with Crippen LogP contribution < -0.4 is 0 Å². The van der Waals surface area contributed by atoms with Crippen molar-refractivity contribution in [2.75, 3.05) is 0 Å². The van der Waals surface area contributed by atoms with E-state index in [0.717, 1.165) is 22.1 Å². The second kappa shape index (κ2) is 16.1. The first-order valence-corrected chi connectivity index (χ1v) is 21.7. The summed E-state index contributed by atoms with van der Waals surface area (Å²) in [5, 5.41) is 3.54. The summed E-state index contributed by atoms with van der Waals surface area (Å²) in [4.78, 5) is 21.4. The van der Waals surface area contributed by atoms with Gasteiger partial charge in [0.1, 0.15) is 0 Å². The predicted octanol–water partition coefficient (Wildman–Crippen LogP) is 17.6. The fourth-order valence-corrected chi connectivity index (χ4v) is 10.3. The number of aromatic nitrogens is 5. The minimum atomic E-state index is 0.432. The third-order valence-corrected chi connectivity index (χ3v) is 13.1. The molecule has 61 heavy (non-hydrogen) atoms. The highest BCUT2D eigenvalue weighted by atomic mass is 35.5. The Labute approximate surface area is 388 Å². The minimum absolute atomic E-state index is 0.432. The number of hydrogen-bond acceptors (Lipinski definition) is 2. The SMILES string of the molecule is Clc1cccc(Cl)c1-c1c2nc(c(-c3c(Cl)cccc3Cl)c3ccc([nH]3)c3ccc([nH]3)c(-c3c(Cl)cccc3Cl)c3nc(c(-c4c(Cl)cccc4Cl)c4ccc1[nH]4)C=C3)C=C2. The normalized spacial score (nSPS) is 12.1. The van der Waals surface area contributed by atoms with Crippen molar-refractivity contribution in [3.8, 4) is 44.5 Å². The molecular formula is C48H25Cl8N5. The zero-order chi connectivity index (χ0) is 42.1. The van der Waals surface area contributed by atoms with Gasteiger partial charge in [-0.1, -0.05) is 117 Å². The summed E-state index contributed by atoms with van der Waals surface area (Å²) in [5.41, 5.74) is 11.7. The fourth-order valence-electron chi connectivity index (χ4n) is 7.91. The third-order valence-electron chi connectivity index (χ3n) is 10.6. The van der Waals surface area contributed by atoms with Crippen LogP contribution in [0.15, 0.2) is 109 Å². The Bertz CT molecular complexity index is 3130. The Morgan fingerprint density at radius 2 is 0.443 bits per heavy atom. The van der Waals surface area contributed by atoms with Crippen LogP contribution >= 0.6 is 92.8 Å². The molecule has 0 amide bonds. The van der Waals surface area contributed by atoms with Gasteiger partial charge < -0.3 is 15.0 Å². The maximum absolute atomic E-state index is 7.01. The molecule has 0 radical (unpaired) electrons. The maximum atomic E-state index is 7.01. The van der Waals surface area contributed by atoms with E-state index in [1.165, 1.54) is 0 Å². The number of halogens is 8. The summed E-state index contributed by atoms with van der Waals surface area (Å²) < 4.78 is 0. The van der Waals surface area contributed by atoms with E-state index >= 15 is 0 Å². The molecule has 298 valence electrons. The Kier molecular flexibility index (Phi) is 10.6. The van der Waals surface area contributed by atoms with Crippen LogP contribution in [0, 0.1) is 0 Å². The van der Waals surface area contributed by atoms with Crippen molar-refractivity contribution in [3.63, 3.8) is 0 Å². The van der Waals surface area contributed by atoms with Crippen LogP contribution in [0.2, 0.25) is 40.2 Å². The van der Waals surface area contributed by atoms with Gasteiger partial charge in [-0.15, -0.1) is 0 Å². The molecule has 0 saturated carbocycles. The van der Waals surface area contributed by atoms with Gasteiger partial charge in [0.25, 0.3) is 0 Å². The lowest BCUT2D eigenvalue weighted by molar-refractivity contribution is 1.31. The van der Waals surface area contributed by atoms with E-state index in [1.54, 1.807) is 60.7 Å². The number of aromatic amines is 3. The number of H-pyrrole nitrogens is 3. The number of fused-ring (bicyclic) bond motifs is 11. The lowest BCUT2D eigenvalue weighted by Gasteiger charge is -2.10. The molecule has 5 nitrogen and oxygen atoms in total. The number of hydrogen-bond donors (Lipinski definition) is 3. The van der Waals surface area contributed by atoms with Gasteiger partial charge in [-0.25, -0.2) is 9.97 Å². The molecule has 0 aliphatic carbocycles. The summed E-state index contributed by atoms with van der Waals surface area (Å²) in [6.07, 6.45) is 7.70. The molecule has 0 fully saturated rings. The molecule has 2 aliphatic rings. The fraction of sp³-hybridized carbons (Fsp3) is 0. The molecule has 4 aromatic heterocycles. The van der Waals surface area contributed by atoms with E-state index in [4.69, 9.17) is 103 Å². The van der Waals surface area contributed by atoms with Crippen LogP contribution in [0.25, 0.3) is 102 Å². The Hall–Kier alpha value is -4.92. The van der Waals surface area contributed by atoms with Gasteiger partial charge in [-0.3, -0.25) is 0 Å². The van der Waals surface area contributed by atoms with Crippen molar-refractivity contribution in [3.05, 3.63) is 172 Å². The zero-order valence-electron chi connectivity index (χ0n) is 31.1. The number of rotatable bonds is 4. The number of nitrogens with one attached hydrogen (secondary N) is 3. The van der Waals surface area contributed by atoms with Crippen LogP contribution in [-0.4, -0.2) is 24.9 Å². The van der Waals surface area contributed by atoms with Crippen LogP contribution in [0.3, 0.4) is 0 Å². The Morgan fingerprint density at radius 3 is 0.672 bits per heavy atom. The molecule has 10 rings (SSSR count).